The fourth-order valence-corrected chi connectivity index (χ4v) is 5.87. The van der Waals surface area contributed by atoms with E-state index in [1.165, 1.54) is 24.3 Å². The highest BCUT2D eigenvalue weighted by Gasteiger charge is 2.36. The number of sulfone groups is 1. The maximum atomic E-state index is 12.6. The van der Waals surface area contributed by atoms with Gasteiger partial charge in [-0.05, 0) is 62.3 Å². The van der Waals surface area contributed by atoms with Crippen molar-refractivity contribution in [3.05, 3.63) is 24.3 Å². The monoisotopic (exact) mass is 429 g/mol. The Kier molecular flexibility index (Phi) is 6.14. The van der Waals surface area contributed by atoms with Crippen molar-refractivity contribution in [1.82, 2.24) is 9.62 Å². The lowest BCUT2D eigenvalue weighted by Crippen LogP contribution is -2.46. The first-order valence-corrected chi connectivity index (χ1v) is 12.8. The SMILES string of the molecule is CS(=O)(=O)c1ccc(S(=O)(=O)NC2CCC(C(N)C(=O)N3CCCC3)C2)cc1. The lowest BCUT2D eigenvalue weighted by Gasteiger charge is -2.24. The molecule has 0 aromatic heterocycles. The fourth-order valence-electron chi connectivity index (χ4n) is 3.95. The summed E-state index contributed by atoms with van der Waals surface area (Å²) in [5.41, 5.74) is 6.17. The highest BCUT2D eigenvalue weighted by Crippen LogP contribution is 2.30. The largest absolute Gasteiger partial charge is 0.341 e. The molecule has 2 aliphatic rings. The zero-order valence-electron chi connectivity index (χ0n) is 15.9. The van der Waals surface area contributed by atoms with Gasteiger partial charge < -0.3 is 10.6 Å². The van der Waals surface area contributed by atoms with Gasteiger partial charge in [-0.1, -0.05) is 0 Å². The molecule has 1 aliphatic carbocycles. The summed E-state index contributed by atoms with van der Waals surface area (Å²) >= 11 is 0. The fraction of sp³-hybridized carbons (Fsp3) is 0.611. The molecule has 0 bridgehead atoms. The molecule has 1 aromatic rings. The molecule has 3 N–H and O–H groups in total. The molecule has 0 radical (unpaired) electrons. The molecule has 1 heterocycles. The molecule has 1 amide bonds. The summed E-state index contributed by atoms with van der Waals surface area (Å²) in [7, 11) is -7.16. The smallest absolute Gasteiger partial charge is 0.240 e. The second-order valence-electron chi connectivity index (χ2n) is 7.69. The molecular weight excluding hydrogens is 402 g/mol. The Hall–Kier alpha value is -1.49. The molecular formula is C18H27N3O5S2. The maximum absolute atomic E-state index is 12.6. The predicted molar refractivity (Wildman–Crippen MR) is 105 cm³/mol. The molecule has 10 heteroatoms. The van der Waals surface area contributed by atoms with Gasteiger partial charge in [0.15, 0.2) is 9.84 Å². The molecule has 2 fully saturated rings. The van der Waals surface area contributed by atoms with E-state index in [-0.39, 0.29) is 27.7 Å². The average Bonchev–Trinajstić information content (AvgIpc) is 3.31. The van der Waals surface area contributed by atoms with E-state index in [2.05, 4.69) is 4.72 Å². The number of hydrogen-bond donors (Lipinski definition) is 2. The van der Waals surface area contributed by atoms with Gasteiger partial charge in [-0.2, -0.15) is 0 Å². The third kappa shape index (κ3) is 4.73. The van der Waals surface area contributed by atoms with E-state index in [0.29, 0.717) is 19.3 Å². The standard InChI is InChI=1S/C18H27N3O5S2/c1-27(23,24)15-6-8-16(9-7-15)28(25,26)20-14-5-4-13(12-14)17(19)18(22)21-10-2-3-11-21/h6-9,13-14,17,20H,2-5,10-12,19H2,1H3. The summed E-state index contributed by atoms with van der Waals surface area (Å²) < 4.78 is 50.9. The van der Waals surface area contributed by atoms with Crippen molar-refractivity contribution >= 4 is 25.8 Å². The quantitative estimate of drug-likeness (QED) is 0.677. The zero-order chi connectivity index (χ0) is 20.5. The minimum Gasteiger partial charge on any atom is -0.341 e. The number of nitrogens with zero attached hydrogens (tertiary/aromatic N) is 1. The van der Waals surface area contributed by atoms with Crippen LogP contribution in [0.3, 0.4) is 0 Å². The molecule has 8 nitrogen and oxygen atoms in total. The number of amides is 1. The van der Waals surface area contributed by atoms with Crippen LogP contribution < -0.4 is 10.5 Å². The Morgan fingerprint density at radius 3 is 2.21 bits per heavy atom. The highest BCUT2D eigenvalue weighted by molar-refractivity contribution is 7.90. The first-order chi connectivity index (χ1) is 13.1. The normalized spacial score (nSPS) is 24.4. The van der Waals surface area contributed by atoms with Crippen LogP contribution in [0.2, 0.25) is 0 Å². The van der Waals surface area contributed by atoms with Gasteiger partial charge in [0.25, 0.3) is 0 Å². The van der Waals surface area contributed by atoms with Crippen LogP contribution in [0.1, 0.15) is 32.1 Å². The molecule has 156 valence electrons. The second kappa shape index (κ2) is 8.10. The molecule has 1 aliphatic heterocycles. The van der Waals surface area contributed by atoms with Gasteiger partial charge in [0.1, 0.15) is 0 Å². The Morgan fingerprint density at radius 2 is 1.64 bits per heavy atom. The number of sulfonamides is 1. The van der Waals surface area contributed by atoms with Crippen LogP contribution in [-0.2, 0) is 24.7 Å². The molecule has 1 aromatic carbocycles. The van der Waals surface area contributed by atoms with Crippen LogP contribution in [0.15, 0.2) is 34.1 Å². The Balaban J connectivity index is 1.61. The van der Waals surface area contributed by atoms with Gasteiger partial charge in [0.2, 0.25) is 15.9 Å². The molecule has 1 saturated carbocycles. The average molecular weight is 430 g/mol. The van der Waals surface area contributed by atoms with E-state index in [1.54, 1.807) is 4.90 Å². The van der Waals surface area contributed by atoms with Crippen molar-refractivity contribution in [3.8, 4) is 0 Å². The molecule has 3 rings (SSSR count). The molecule has 28 heavy (non-hydrogen) atoms. The van der Waals surface area contributed by atoms with Crippen molar-refractivity contribution in [2.75, 3.05) is 19.3 Å². The topological polar surface area (TPSA) is 127 Å². The summed E-state index contributed by atoms with van der Waals surface area (Å²) in [6, 6.07) is 4.25. The van der Waals surface area contributed by atoms with Crippen molar-refractivity contribution < 1.29 is 21.6 Å². The highest BCUT2D eigenvalue weighted by atomic mass is 32.2. The van der Waals surface area contributed by atoms with Crippen LogP contribution >= 0.6 is 0 Å². The van der Waals surface area contributed by atoms with Crippen LogP contribution in [-0.4, -0.2) is 59.1 Å². The summed E-state index contributed by atoms with van der Waals surface area (Å²) in [5, 5.41) is 0. The van der Waals surface area contributed by atoms with Gasteiger partial charge >= 0.3 is 0 Å². The number of carbonyl (C=O) groups is 1. The summed E-state index contributed by atoms with van der Waals surface area (Å²) in [4.78, 5) is 14.4. The Morgan fingerprint density at radius 1 is 1.07 bits per heavy atom. The lowest BCUT2D eigenvalue weighted by molar-refractivity contribution is -0.132. The van der Waals surface area contributed by atoms with E-state index >= 15 is 0 Å². The molecule has 0 spiro atoms. The Bertz CT molecular complexity index is 922. The second-order valence-corrected chi connectivity index (χ2v) is 11.4. The number of benzene rings is 1. The van der Waals surface area contributed by atoms with E-state index in [9.17, 15) is 21.6 Å². The van der Waals surface area contributed by atoms with Gasteiger partial charge in [0, 0.05) is 25.4 Å². The first-order valence-electron chi connectivity index (χ1n) is 9.45. The molecule has 1 saturated heterocycles. The number of likely N-dealkylation sites (tertiary alicyclic amines) is 1. The number of rotatable bonds is 6. The Labute approximate surface area is 166 Å². The third-order valence-corrected chi connectivity index (χ3v) is 8.23. The van der Waals surface area contributed by atoms with Crippen molar-refractivity contribution in [3.63, 3.8) is 0 Å². The maximum Gasteiger partial charge on any atom is 0.240 e. The minimum atomic E-state index is -3.77. The number of carbonyl (C=O) groups excluding carboxylic acids is 1. The van der Waals surface area contributed by atoms with Gasteiger partial charge in [0.05, 0.1) is 15.8 Å². The summed E-state index contributed by atoms with van der Waals surface area (Å²) in [6.45, 7) is 1.50. The van der Waals surface area contributed by atoms with E-state index in [4.69, 9.17) is 5.73 Å². The third-order valence-electron chi connectivity index (χ3n) is 5.57. The van der Waals surface area contributed by atoms with Crippen LogP contribution in [0.4, 0.5) is 0 Å². The van der Waals surface area contributed by atoms with Crippen molar-refractivity contribution in [2.45, 2.75) is 54.0 Å². The van der Waals surface area contributed by atoms with Crippen molar-refractivity contribution in [1.29, 1.82) is 0 Å². The van der Waals surface area contributed by atoms with E-state index < -0.39 is 25.9 Å². The summed E-state index contributed by atoms with van der Waals surface area (Å²) in [5.74, 6) is -0.0872. The van der Waals surface area contributed by atoms with Gasteiger partial charge in [-0.15, -0.1) is 0 Å². The zero-order valence-corrected chi connectivity index (χ0v) is 17.5. The first kappa shape index (κ1) is 21.2. The van der Waals surface area contributed by atoms with E-state index in [0.717, 1.165) is 32.2 Å². The number of nitrogens with one attached hydrogen (secondary N) is 1. The predicted octanol–water partition coefficient (Wildman–Crippen LogP) is 0.487. The number of nitrogens with two attached hydrogens (primary N) is 1. The minimum absolute atomic E-state index is 0.0146. The van der Waals surface area contributed by atoms with Crippen LogP contribution in [0, 0.1) is 5.92 Å². The molecule has 3 atom stereocenters. The van der Waals surface area contributed by atoms with Gasteiger partial charge in [-0.25, -0.2) is 21.6 Å². The van der Waals surface area contributed by atoms with Gasteiger partial charge in [-0.3, -0.25) is 4.79 Å². The molecule has 3 unspecified atom stereocenters. The van der Waals surface area contributed by atoms with Crippen LogP contribution in [0.25, 0.3) is 0 Å². The van der Waals surface area contributed by atoms with E-state index in [1.807, 2.05) is 0 Å². The lowest BCUT2D eigenvalue weighted by atomic mass is 9.97. The van der Waals surface area contributed by atoms with Crippen molar-refractivity contribution in [2.24, 2.45) is 11.7 Å². The summed E-state index contributed by atoms with van der Waals surface area (Å²) in [6.07, 6.45) is 4.90. The van der Waals surface area contributed by atoms with Crippen LogP contribution in [0.5, 0.6) is 0 Å². The number of hydrogen-bond acceptors (Lipinski definition) is 6.